The van der Waals surface area contributed by atoms with Crippen molar-refractivity contribution in [2.45, 2.75) is 43.7 Å². The maximum Gasteiger partial charge on any atom is 0.319 e. The second-order valence-corrected chi connectivity index (χ2v) is 6.69. The van der Waals surface area contributed by atoms with Crippen molar-refractivity contribution in [1.82, 2.24) is 15.3 Å². The van der Waals surface area contributed by atoms with E-state index in [1.807, 2.05) is 18.2 Å². The number of nitrogens with one attached hydrogen (secondary N) is 2. The minimum Gasteiger partial charge on any atom is -0.373 e. The molecule has 2 atom stereocenters. The molecule has 2 aliphatic rings. The molecule has 4 rings (SSSR count). The smallest absolute Gasteiger partial charge is 0.319 e. The molecule has 0 radical (unpaired) electrons. The van der Waals surface area contributed by atoms with Gasteiger partial charge >= 0.3 is 6.03 Å². The van der Waals surface area contributed by atoms with Crippen LogP contribution in [0, 0.1) is 0 Å². The van der Waals surface area contributed by atoms with Crippen LogP contribution in [-0.2, 0) is 4.74 Å². The predicted octanol–water partition coefficient (Wildman–Crippen LogP) is 3.40. The Morgan fingerprint density at radius 3 is 2.56 bits per heavy atom. The largest absolute Gasteiger partial charge is 0.373 e. The lowest BCUT2D eigenvalue weighted by molar-refractivity contribution is 0.00254. The number of nitrogens with zero attached hydrogens (tertiary/aromatic N) is 2. The van der Waals surface area contributed by atoms with Crippen LogP contribution < -0.4 is 10.6 Å². The molecule has 1 saturated carbocycles. The summed E-state index contributed by atoms with van der Waals surface area (Å²) in [7, 11) is 0. The van der Waals surface area contributed by atoms with Crippen molar-refractivity contribution >= 4 is 11.7 Å². The molecule has 1 aromatic heterocycles. The lowest BCUT2D eigenvalue weighted by Crippen LogP contribution is -2.42. The normalized spacial score (nSPS) is 23.0. The summed E-state index contributed by atoms with van der Waals surface area (Å²) < 4.78 is 5.84. The molecule has 2 N–H and O–H groups in total. The highest BCUT2D eigenvalue weighted by molar-refractivity contribution is 5.89. The van der Waals surface area contributed by atoms with Gasteiger partial charge in [-0.05, 0) is 31.2 Å². The summed E-state index contributed by atoms with van der Waals surface area (Å²) in [6.45, 7) is 0.643. The van der Waals surface area contributed by atoms with E-state index >= 15 is 0 Å². The van der Waals surface area contributed by atoms with Gasteiger partial charge in [0.15, 0.2) is 0 Å². The van der Waals surface area contributed by atoms with Crippen molar-refractivity contribution in [2.75, 3.05) is 11.9 Å². The number of aromatic nitrogens is 2. The van der Waals surface area contributed by atoms with Crippen LogP contribution in [0.3, 0.4) is 0 Å². The number of ether oxygens (including phenoxy) is 1. The Balaban J connectivity index is 1.31. The van der Waals surface area contributed by atoms with Crippen LogP contribution in [-0.4, -0.2) is 28.6 Å². The van der Waals surface area contributed by atoms with Gasteiger partial charge in [0.2, 0.25) is 0 Å². The molecule has 2 fully saturated rings. The summed E-state index contributed by atoms with van der Waals surface area (Å²) in [6.07, 6.45) is 7.30. The molecule has 1 saturated heterocycles. The van der Waals surface area contributed by atoms with E-state index in [4.69, 9.17) is 4.74 Å². The van der Waals surface area contributed by atoms with Crippen molar-refractivity contribution in [3.63, 3.8) is 0 Å². The van der Waals surface area contributed by atoms with Crippen LogP contribution in [0.1, 0.15) is 49.1 Å². The van der Waals surface area contributed by atoms with E-state index in [0.717, 1.165) is 24.2 Å². The van der Waals surface area contributed by atoms with Crippen LogP contribution in [0.2, 0.25) is 0 Å². The van der Waals surface area contributed by atoms with E-state index in [-0.39, 0.29) is 18.2 Å². The predicted molar refractivity (Wildman–Crippen MR) is 94.3 cm³/mol. The third kappa shape index (κ3) is 4.14. The number of carbonyl (C=O) groups excluding carboxylic acids is 1. The first-order chi connectivity index (χ1) is 12.3. The molecule has 1 aliphatic heterocycles. The molecule has 2 heterocycles. The number of amides is 2. The Kier molecular flexibility index (Phi) is 4.61. The average Bonchev–Trinajstić information content (AvgIpc) is 3.48. The number of benzene rings is 1. The van der Waals surface area contributed by atoms with Crippen molar-refractivity contribution in [2.24, 2.45) is 0 Å². The van der Waals surface area contributed by atoms with Crippen LogP contribution in [0.25, 0.3) is 0 Å². The molecule has 130 valence electrons. The summed E-state index contributed by atoms with van der Waals surface area (Å²) in [5.41, 5.74) is 1.77. The van der Waals surface area contributed by atoms with E-state index < -0.39 is 0 Å². The second kappa shape index (κ2) is 7.19. The fourth-order valence-electron chi connectivity index (χ4n) is 3.14. The van der Waals surface area contributed by atoms with Crippen molar-refractivity contribution in [3.05, 3.63) is 54.1 Å². The molecule has 6 nitrogen and oxygen atoms in total. The van der Waals surface area contributed by atoms with Gasteiger partial charge < -0.3 is 15.4 Å². The molecule has 2 aromatic rings. The Morgan fingerprint density at radius 2 is 1.84 bits per heavy atom. The molecule has 1 aromatic carbocycles. The van der Waals surface area contributed by atoms with Gasteiger partial charge in [-0.15, -0.1) is 0 Å². The zero-order chi connectivity index (χ0) is 17.1. The Bertz CT molecular complexity index is 716. The van der Waals surface area contributed by atoms with E-state index in [9.17, 15) is 4.79 Å². The SMILES string of the molecule is O=C(Nc1cnc(C2CC2)nc1)N[C@H]1CCO[C@@H](c2ccccc2)C1. The van der Waals surface area contributed by atoms with Gasteiger partial charge in [0.1, 0.15) is 5.82 Å². The summed E-state index contributed by atoms with van der Waals surface area (Å²) in [5, 5.41) is 5.85. The highest BCUT2D eigenvalue weighted by atomic mass is 16.5. The van der Waals surface area contributed by atoms with Gasteiger partial charge in [0, 0.05) is 18.6 Å². The molecule has 0 bridgehead atoms. The fourth-order valence-corrected chi connectivity index (χ4v) is 3.14. The number of rotatable bonds is 4. The summed E-state index contributed by atoms with van der Waals surface area (Å²) in [5.74, 6) is 1.39. The summed E-state index contributed by atoms with van der Waals surface area (Å²) in [6, 6.07) is 10.00. The highest BCUT2D eigenvalue weighted by Crippen LogP contribution is 2.37. The van der Waals surface area contributed by atoms with Crippen LogP contribution >= 0.6 is 0 Å². The van der Waals surface area contributed by atoms with E-state index in [0.29, 0.717) is 18.2 Å². The first kappa shape index (κ1) is 16.0. The summed E-state index contributed by atoms with van der Waals surface area (Å²) >= 11 is 0. The minimum absolute atomic E-state index is 0.0291. The molecule has 1 aliphatic carbocycles. The monoisotopic (exact) mass is 338 g/mol. The van der Waals surface area contributed by atoms with Crippen LogP contribution in [0.15, 0.2) is 42.7 Å². The quantitative estimate of drug-likeness (QED) is 0.896. The maximum absolute atomic E-state index is 12.2. The van der Waals surface area contributed by atoms with Crippen LogP contribution in [0.5, 0.6) is 0 Å². The Morgan fingerprint density at radius 1 is 1.08 bits per heavy atom. The molecule has 6 heteroatoms. The van der Waals surface area contributed by atoms with Crippen molar-refractivity contribution in [3.8, 4) is 0 Å². The molecule has 2 amide bonds. The molecule has 0 spiro atoms. The third-order valence-electron chi connectivity index (χ3n) is 4.66. The standard InChI is InChI=1S/C19H22N4O2/c24-19(23-16-11-20-18(21-12-16)14-6-7-14)22-15-8-9-25-17(10-15)13-4-2-1-3-5-13/h1-5,11-12,14-15,17H,6-10H2,(H2,22,23,24)/t15-,17+/m0/s1. The number of carbonyl (C=O) groups is 1. The maximum atomic E-state index is 12.2. The molecular formula is C19H22N4O2. The number of urea groups is 1. The Hall–Kier alpha value is -2.47. The number of hydrogen-bond donors (Lipinski definition) is 2. The van der Waals surface area contributed by atoms with E-state index in [1.165, 1.54) is 12.8 Å². The zero-order valence-corrected chi connectivity index (χ0v) is 14.0. The second-order valence-electron chi connectivity index (χ2n) is 6.69. The van der Waals surface area contributed by atoms with Crippen molar-refractivity contribution < 1.29 is 9.53 Å². The molecule has 0 unspecified atom stereocenters. The lowest BCUT2D eigenvalue weighted by atomic mass is 9.97. The zero-order valence-electron chi connectivity index (χ0n) is 14.0. The average molecular weight is 338 g/mol. The van der Waals surface area contributed by atoms with Gasteiger partial charge in [0.25, 0.3) is 0 Å². The first-order valence-electron chi connectivity index (χ1n) is 8.84. The molecule has 25 heavy (non-hydrogen) atoms. The fraction of sp³-hybridized carbons (Fsp3) is 0.421. The first-order valence-corrected chi connectivity index (χ1v) is 8.84. The van der Waals surface area contributed by atoms with Gasteiger partial charge in [-0.3, -0.25) is 0 Å². The van der Waals surface area contributed by atoms with Crippen molar-refractivity contribution in [1.29, 1.82) is 0 Å². The molecular weight excluding hydrogens is 316 g/mol. The van der Waals surface area contributed by atoms with E-state index in [2.05, 4.69) is 32.7 Å². The van der Waals surface area contributed by atoms with Gasteiger partial charge in [-0.2, -0.15) is 0 Å². The summed E-state index contributed by atoms with van der Waals surface area (Å²) in [4.78, 5) is 20.9. The van der Waals surface area contributed by atoms with E-state index in [1.54, 1.807) is 12.4 Å². The third-order valence-corrected chi connectivity index (χ3v) is 4.66. The minimum atomic E-state index is -0.221. The topological polar surface area (TPSA) is 76.1 Å². The lowest BCUT2D eigenvalue weighted by Gasteiger charge is -2.30. The Labute approximate surface area is 147 Å². The van der Waals surface area contributed by atoms with Gasteiger partial charge in [-0.1, -0.05) is 30.3 Å². The number of hydrogen-bond acceptors (Lipinski definition) is 4. The highest BCUT2D eigenvalue weighted by Gasteiger charge is 2.27. The van der Waals surface area contributed by atoms with Crippen LogP contribution in [0.4, 0.5) is 10.5 Å². The van der Waals surface area contributed by atoms with Gasteiger partial charge in [0.05, 0.1) is 24.2 Å². The van der Waals surface area contributed by atoms with Gasteiger partial charge in [-0.25, -0.2) is 14.8 Å². The number of anilines is 1.